The summed E-state index contributed by atoms with van der Waals surface area (Å²) in [5.74, 6) is -0.143. The highest BCUT2D eigenvalue weighted by Crippen LogP contribution is 2.23. The molecule has 28 heavy (non-hydrogen) atoms. The quantitative estimate of drug-likeness (QED) is 0.601. The monoisotopic (exact) mass is 409 g/mol. The van der Waals surface area contributed by atoms with Crippen LogP contribution in [-0.4, -0.2) is 38.9 Å². The summed E-state index contributed by atoms with van der Waals surface area (Å²) in [5.41, 5.74) is -0.218. The van der Waals surface area contributed by atoms with Gasteiger partial charge >= 0.3 is 0 Å². The molecule has 0 saturated heterocycles. The van der Waals surface area contributed by atoms with Crippen molar-refractivity contribution in [2.45, 2.75) is 63.3 Å². The van der Waals surface area contributed by atoms with E-state index < -0.39 is 15.6 Å². The van der Waals surface area contributed by atoms with Gasteiger partial charge in [-0.05, 0) is 57.9 Å². The topological polar surface area (TPSA) is 104 Å². The number of sulfonamides is 1. The molecule has 0 bridgehead atoms. The molecule has 7 nitrogen and oxygen atoms in total. The van der Waals surface area contributed by atoms with E-state index in [1.807, 2.05) is 0 Å². The molecule has 1 aliphatic rings. The first kappa shape index (κ1) is 22.4. The van der Waals surface area contributed by atoms with Gasteiger partial charge in [0.1, 0.15) is 0 Å². The molecule has 2 rings (SSSR count). The minimum Gasteiger partial charge on any atom is -0.354 e. The van der Waals surface area contributed by atoms with Crippen LogP contribution in [0.4, 0.5) is 0 Å². The van der Waals surface area contributed by atoms with Crippen LogP contribution in [-0.2, 0) is 14.8 Å². The summed E-state index contributed by atoms with van der Waals surface area (Å²) >= 11 is 0. The van der Waals surface area contributed by atoms with E-state index in [1.165, 1.54) is 30.7 Å². The van der Waals surface area contributed by atoms with Crippen molar-refractivity contribution in [3.8, 4) is 0 Å². The maximum Gasteiger partial charge on any atom is 0.251 e. The fourth-order valence-corrected chi connectivity index (χ4v) is 4.64. The third kappa shape index (κ3) is 6.91. The van der Waals surface area contributed by atoms with Crippen LogP contribution < -0.4 is 15.4 Å². The van der Waals surface area contributed by atoms with Crippen molar-refractivity contribution < 1.29 is 18.0 Å². The number of carbonyl (C=O) groups is 2. The third-order valence-corrected chi connectivity index (χ3v) is 6.33. The molecule has 156 valence electrons. The van der Waals surface area contributed by atoms with Crippen molar-refractivity contribution in [2.75, 3.05) is 13.1 Å². The van der Waals surface area contributed by atoms with E-state index in [9.17, 15) is 18.0 Å². The van der Waals surface area contributed by atoms with Crippen molar-refractivity contribution in [3.63, 3.8) is 0 Å². The highest BCUT2D eigenvalue weighted by atomic mass is 32.2. The molecule has 0 spiro atoms. The Kier molecular flexibility index (Phi) is 7.60. The molecule has 1 fully saturated rings. The third-order valence-electron chi connectivity index (χ3n) is 4.55. The zero-order chi connectivity index (χ0) is 20.8. The molecular formula is C20H31N3O4S. The molecule has 1 aromatic rings. The summed E-state index contributed by atoms with van der Waals surface area (Å²) in [4.78, 5) is 24.4. The van der Waals surface area contributed by atoms with Crippen LogP contribution in [0.15, 0.2) is 29.2 Å². The number of hydrogen-bond donors (Lipinski definition) is 3. The Labute approximate surface area is 167 Å². The maximum absolute atomic E-state index is 12.3. The van der Waals surface area contributed by atoms with Gasteiger partial charge in [0.15, 0.2) is 0 Å². The second kappa shape index (κ2) is 9.52. The molecule has 8 heteroatoms. The first-order chi connectivity index (χ1) is 13.1. The number of benzene rings is 1. The fraction of sp³-hybridized carbons (Fsp3) is 0.600. The Hall–Kier alpha value is -1.93. The summed E-state index contributed by atoms with van der Waals surface area (Å²) in [5, 5.41) is 5.60. The largest absolute Gasteiger partial charge is 0.354 e. The molecule has 1 saturated carbocycles. The Morgan fingerprint density at radius 1 is 0.964 bits per heavy atom. The van der Waals surface area contributed by atoms with E-state index in [1.54, 1.807) is 20.8 Å². The number of hydrogen-bond acceptors (Lipinski definition) is 4. The van der Waals surface area contributed by atoms with E-state index in [0.29, 0.717) is 18.7 Å². The first-order valence-electron chi connectivity index (χ1n) is 9.78. The lowest BCUT2D eigenvalue weighted by atomic mass is 9.89. The van der Waals surface area contributed by atoms with Gasteiger partial charge in [-0.1, -0.05) is 19.3 Å². The normalized spacial score (nSPS) is 15.8. The standard InChI is InChI=1S/C20H31N3O4S/c1-20(2,3)23-28(26,27)17-11-9-16(10-12-17)19(25)22-14-13-21-18(24)15-7-5-4-6-8-15/h9-12,15,23H,4-8,13-14H2,1-3H3,(H,21,24)(H,22,25). The lowest BCUT2D eigenvalue weighted by Crippen LogP contribution is -2.40. The number of nitrogens with one attached hydrogen (secondary N) is 3. The lowest BCUT2D eigenvalue weighted by Gasteiger charge is -2.20. The fourth-order valence-electron chi connectivity index (χ4n) is 3.22. The zero-order valence-electron chi connectivity index (χ0n) is 16.9. The van der Waals surface area contributed by atoms with Gasteiger partial charge in [-0.3, -0.25) is 9.59 Å². The Bertz CT molecular complexity index is 777. The van der Waals surface area contributed by atoms with E-state index >= 15 is 0 Å². The Balaban J connectivity index is 1.80. The molecule has 0 unspecified atom stereocenters. The summed E-state index contributed by atoms with van der Waals surface area (Å²) in [6.45, 7) is 5.99. The highest BCUT2D eigenvalue weighted by Gasteiger charge is 2.22. The summed E-state index contributed by atoms with van der Waals surface area (Å²) in [6, 6.07) is 5.78. The van der Waals surface area contributed by atoms with Crippen LogP contribution in [0.3, 0.4) is 0 Å². The molecule has 0 aliphatic heterocycles. The molecule has 1 aliphatic carbocycles. The van der Waals surface area contributed by atoms with E-state index in [4.69, 9.17) is 0 Å². The second-order valence-corrected chi connectivity index (χ2v) is 9.94. The highest BCUT2D eigenvalue weighted by molar-refractivity contribution is 7.89. The summed E-state index contributed by atoms with van der Waals surface area (Å²) in [6.07, 6.45) is 5.29. The van der Waals surface area contributed by atoms with Crippen LogP contribution in [0.2, 0.25) is 0 Å². The Morgan fingerprint density at radius 3 is 2.11 bits per heavy atom. The second-order valence-electron chi connectivity index (χ2n) is 8.26. The molecule has 2 amide bonds. The maximum atomic E-state index is 12.3. The van der Waals surface area contributed by atoms with Crippen molar-refractivity contribution in [1.29, 1.82) is 0 Å². The van der Waals surface area contributed by atoms with Gasteiger partial charge in [0.25, 0.3) is 5.91 Å². The van der Waals surface area contributed by atoms with Gasteiger partial charge in [0, 0.05) is 30.1 Å². The molecular weight excluding hydrogens is 378 g/mol. The van der Waals surface area contributed by atoms with Gasteiger partial charge in [-0.25, -0.2) is 13.1 Å². The van der Waals surface area contributed by atoms with Crippen molar-refractivity contribution >= 4 is 21.8 Å². The number of rotatable bonds is 7. The smallest absolute Gasteiger partial charge is 0.251 e. The average molecular weight is 410 g/mol. The molecule has 0 atom stereocenters. The van der Waals surface area contributed by atoms with Crippen LogP contribution >= 0.6 is 0 Å². The van der Waals surface area contributed by atoms with Crippen molar-refractivity contribution in [2.24, 2.45) is 5.92 Å². The molecule has 0 radical (unpaired) electrons. The molecule has 0 heterocycles. The zero-order valence-corrected chi connectivity index (χ0v) is 17.7. The van der Waals surface area contributed by atoms with Crippen molar-refractivity contribution in [1.82, 2.24) is 15.4 Å². The molecule has 3 N–H and O–H groups in total. The van der Waals surface area contributed by atoms with Gasteiger partial charge in [-0.15, -0.1) is 0 Å². The van der Waals surface area contributed by atoms with Crippen LogP contribution in [0.5, 0.6) is 0 Å². The average Bonchev–Trinajstić information content (AvgIpc) is 2.64. The van der Waals surface area contributed by atoms with E-state index in [2.05, 4.69) is 15.4 Å². The summed E-state index contributed by atoms with van der Waals surface area (Å²) < 4.78 is 27.1. The minimum atomic E-state index is -3.63. The SMILES string of the molecule is CC(C)(C)NS(=O)(=O)c1ccc(C(=O)NCCNC(=O)C2CCCCC2)cc1. The van der Waals surface area contributed by atoms with Crippen LogP contribution in [0.1, 0.15) is 63.2 Å². The van der Waals surface area contributed by atoms with E-state index in [0.717, 1.165) is 25.7 Å². The van der Waals surface area contributed by atoms with Crippen LogP contribution in [0, 0.1) is 5.92 Å². The molecule has 1 aromatic carbocycles. The van der Waals surface area contributed by atoms with Gasteiger partial charge < -0.3 is 10.6 Å². The number of carbonyl (C=O) groups excluding carboxylic acids is 2. The van der Waals surface area contributed by atoms with Gasteiger partial charge in [0.05, 0.1) is 4.90 Å². The Morgan fingerprint density at radius 2 is 1.54 bits per heavy atom. The van der Waals surface area contributed by atoms with E-state index in [-0.39, 0.29) is 22.6 Å². The lowest BCUT2D eigenvalue weighted by molar-refractivity contribution is -0.125. The minimum absolute atomic E-state index is 0.0647. The van der Waals surface area contributed by atoms with Crippen molar-refractivity contribution in [3.05, 3.63) is 29.8 Å². The summed E-state index contributed by atoms with van der Waals surface area (Å²) in [7, 11) is -3.63. The van der Waals surface area contributed by atoms with Gasteiger partial charge in [-0.2, -0.15) is 0 Å². The predicted molar refractivity (Wildman–Crippen MR) is 108 cm³/mol. The number of amides is 2. The van der Waals surface area contributed by atoms with Crippen LogP contribution in [0.25, 0.3) is 0 Å². The van der Waals surface area contributed by atoms with Gasteiger partial charge in [0.2, 0.25) is 15.9 Å². The first-order valence-corrected chi connectivity index (χ1v) is 11.3. The molecule has 0 aromatic heterocycles. The predicted octanol–water partition coefficient (Wildman–Crippen LogP) is 2.19.